The highest BCUT2D eigenvalue weighted by molar-refractivity contribution is 7.92. The fraction of sp³-hybridized carbons (Fsp3) is 0.250. The second-order valence-corrected chi connectivity index (χ2v) is 9.74. The molecule has 0 saturated heterocycles. The van der Waals surface area contributed by atoms with Gasteiger partial charge in [0.15, 0.2) is 5.58 Å². The highest BCUT2D eigenvalue weighted by atomic mass is 32.2. The van der Waals surface area contributed by atoms with Gasteiger partial charge in [-0.2, -0.15) is 4.39 Å². The van der Waals surface area contributed by atoms with Crippen LogP contribution in [0.25, 0.3) is 11.1 Å². The molecule has 0 amide bonds. The molecule has 34 heavy (non-hydrogen) atoms. The Morgan fingerprint density at radius 1 is 1.18 bits per heavy atom. The van der Waals surface area contributed by atoms with Crippen LogP contribution in [-0.2, 0) is 16.4 Å². The minimum atomic E-state index is -4.10. The summed E-state index contributed by atoms with van der Waals surface area (Å²) in [5, 5.41) is 0. The number of halogens is 1. The monoisotopic (exact) mass is 484 g/mol. The minimum Gasteiger partial charge on any atom is -0.408 e. The predicted molar refractivity (Wildman–Crippen MR) is 128 cm³/mol. The zero-order valence-electron chi connectivity index (χ0n) is 18.8. The summed E-state index contributed by atoms with van der Waals surface area (Å²) in [6.07, 6.45) is 1.70. The molecule has 0 aliphatic carbocycles. The quantitative estimate of drug-likeness (QED) is 0.368. The fourth-order valence-corrected chi connectivity index (χ4v) is 5.19. The maximum Gasteiger partial charge on any atom is 0.420 e. The van der Waals surface area contributed by atoms with Crippen LogP contribution in [0.1, 0.15) is 36.1 Å². The molecule has 0 fully saturated rings. The smallest absolute Gasteiger partial charge is 0.408 e. The molecule has 1 atom stereocenters. The SMILES string of the molecule is Cc1cc2c(cc1S(=O)(=O)Nc1cccc(F)n1)oc(=O)n2C(C)c1cccc(CCCN)c1. The molecule has 4 rings (SSSR count). The van der Waals surface area contributed by atoms with Crippen LogP contribution < -0.4 is 16.2 Å². The lowest BCUT2D eigenvalue weighted by molar-refractivity contribution is 0.489. The maximum absolute atomic E-state index is 13.4. The van der Waals surface area contributed by atoms with Crippen molar-refractivity contribution in [2.45, 2.75) is 37.6 Å². The second-order valence-electron chi connectivity index (χ2n) is 8.09. The number of hydrogen-bond acceptors (Lipinski definition) is 6. The summed E-state index contributed by atoms with van der Waals surface area (Å²) in [5.74, 6) is -1.55. The second kappa shape index (κ2) is 9.40. The Morgan fingerprint density at radius 2 is 1.94 bits per heavy atom. The van der Waals surface area contributed by atoms with Gasteiger partial charge in [0.1, 0.15) is 5.82 Å². The first-order valence-corrected chi connectivity index (χ1v) is 12.3. The Labute approximate surface area is 196 Å². The Hall–Kier alpha value is -3.50. The number of nitrogens with one attached hydrogen (secondary N) is 1. The van der Waals surface area contributed by atoms with Crippen molar-refractivity contribution in [2.24, 2.45) is 5.73 Å². The van der Waals surface area contributed by atoms with E-state index in [1.807, 2.05) is 31.2 Å². The summed E-state index contributed by atoms with van der Waals surface area (Å²) < 4.78 is 48.4. The fourth-order valence-electron chi connectivity index (χ4n) is 3.94. The van der Waals surface area contributed by atoms with Gasteiger partial charge in [0.05, 0.1) is 16.5 Å². The average Bonchev–Trinajstić information content (AvgIpc) is 3.11. The molecule has 2 aromatic carbocycles. The van der Waals surface area contributed by atoms with Gasteiger partial charge in [-0.1, -0.05) is 30.3 Å². The zero-order chi connectivity index (χ0) is 24.5. The standard InChI is InChI=1S/C24H25FN4O4S/c1-15-12-19-20(14-21(15)34(31,32)28-23-10-4-9-22(25)27-23)33-24(30)29(19)16(2)18-8-3-6-17(13-18)7-5-11-26/h3-4,6,8-10,12-14,16H,5,7,11,26H2,1-2H3,(H,27,28). The summed E-state index contributed by atoms with van der Waals surface area (Å²) >= 11 is 0. The third-order valence-electron chi connectivity index (χ3n) is 5.64. The number of aromatic nitrogens is 2. The normalized spacial score (nSPS) is 12.7. The molecule has 10 heteroatoms. The van der Waals surface area contributed by atoms with Gasteiger partial charge in [-0.25, -0.2) is 18.2 Å². The largest absolute Gasteiger partial charge is 0.420 e. The Balaban J connectivity index is 1.73. The van der Waals surface area contributed by atoms with Crippen molar-refractivity contribution in [1.82, 2.24) is 9.55 Å². The highest BCUT2D eigenvalue weighted by Gasteiger charge is 2.23. The van der Waals surface area contributed by atoms with Crippen molar-refractivity contribution < 1.29 is 17.2 Å². The molecular formula is C24H25FN4O4S. The van der Waals surface area contributed by atoms with E-state index in [4.69, 9.17) is 10.2 Å². The van der Waals surface area contributed by atoms with Crippen molar-refractivity contribution in [3.63, 3.8) is 0 Å². The number of hydrogen-bond donors (Lipinski definition) is 2. The number of nitrogens with zero attached hydrogens (tertiary/aromatic N) is 2. The number of sulfonamides is 1. The van der Waals surface area contributed by atoms with Gasteiger partial charge < -0.3 is 10.2 Å². The molecule has 3 N–H and O–H groups in total. The number of benzene rings is 2. The van der Waals surface area contributed by atoms with Crippen LogP contribution in [-0.4, -0.2) is 24.5 Å². The van der Waals surface area contributed by atoms with Gasteiger partial charge in [-0.15, -0.1) is 0 Å². The van der Waals surface area contributed by atoms with Gasteiger partial charge in [0.2, 0.25) is 5.95 Å². The molecule has 8 nitrogen and oxygen atoms in total. The maximum atomic E-state index is 13.4. The third-order valence-corrected chi connectivity index (χ3v) is 7.14. The number of fused-ring (bicyclic) bond motifs is 1. The van der Waals surface area contributed by atoms with E-state index in [1.165, 1.54) is 22.8 Å². The molecule has 178 valence electrons. The lowest BCUT2D eigenvalue weighted by Crippen LogP contribution is -2.19. The lowest BCUT2D eigenvalue weighted by Gasteiger charge is -2.15. The van der Waals surface area contributed by atoms with Crippen LogP contribution in [0.15, 0.2) is 68.7 Å². The Bertz CT molecular complexity index is 1510. The molecule has 0 aliphatic rings. The molecule has 0 bridgehead atoms. The van der Waals surface area contributed by atoms with Crippen LogP contribution in [0.5, 0.6) is 0 Å². The van der Waals surface area contributed by atoms with E-state index >= 15 is 0 Å². The van der Waals surface area contributed by atoms with Crippen LogP contribution in [0.2, 0.25) is 0 Å². The van der Waals surface area contributed by atoms with Gasteiger partial charge >= 0.3 is 5.76 Å². The molecule has 4 aromatic rings. The molecule has 0 radical (unpaired) electrons. The van der Waals surface area contributed by atoms with E-state index in [-0.39, 0.29) is 22.3 Å². The molecule has 0 aliphatic heterocycles. The van der Waals surface area contributed by atoms with Crippen LogP contribution >= 0.6 is 0 Å². The van der Waals surface area contributed by atoms with Crippen molar-refractivity contribution >= 4 is 26.9 Å². The van der Waals surface area contributed by atoms with Gasteiger partial charge in [-0.3, -0.25) is 9.29 Å². The average molecular weight is 485 g/mol. The number of pyridine rings is 1. The molecule has 2 aromatic heterocycles. The molecule has 0 spiro atoms. The Kier molecular flexibility index (Phi) is 6.54. The molecule has 0 saturated carbocycles. The van der Waals surface area contributed by atoms with E-state index in [2.05, 4.69) is 9.71 Å². The van der Waals surface area contributed by atoms with Crippen molar-refractivity contribution in [3.05, 3.63) is 87.8 Å². The first kappa shape index (κ1) is 23.7. The summed E-state index contributed by atoms with van der Waals surface area (Å²) in [6.45, 7) is 4.10. The van der Waals surface area contributed by atoms with Crippen molar-refractivity contribution in [2.75, 3.05) is 11.3 Å². The molecular weight excluding hydrogens is 459 g/mol. The van der Waals surface area contributed by atoms with Crippen LogP contribution in [0.3, 0.4) is 0 Å². The third kappa shape index (κ3) is 4.73. The van der Waals surface area contributed by atoms with E-state index in [1.54, 1.807) is 13.0 Å². The zero-order valence-corrected chi connectivity index (χ0v) is 19.6. The summed E-state index contributed by atoms with van der Waals surface area (Å²) in [5.41, 5.74) is 8.67. The summed E-state index contributed by atoms with van der Waals surface area (Å²) in [7, 11) is -4.10. The van der Waals surface area contributed by atoms with Gasteiger partial charge in [-0.05, 0) is 68.1 Å². The number of oxazole rings is 1. The van der Waals surface area contributed by atoms with Crippen molar-refractivity contribution in [3.8, 4) is 0 Å². The van der Waals surface area contributed by atoms with Crippen LogP contribution in [0, 0.1) is 12.9 Å². The number of anilines is 1. The van der Waals surface area contributed by atoms with Crippen LogP contribution in [0.4, 0.5) is 10.2 Å². The highest BCUT2D eigenvalue weighted by Crippen LogP contribution is 2.28. The number of nitrogens with two attached hydrogens (primary N) is 1. The number of aryl methyl sites for hydroxylation is 2. The summed E-state index contributed by atoms with van der Waals surface area (Å²) in [6, 6.07) is 14.3. The van der Waals surface area contributed by atoms with Gasteiger partial charge in [0, 0.05) is 6.07 Å². The van der Waals surface area contributed by atoms with E-state index in [0.717, 1.165) is 30.0 Å². The van der Waals surface area contributed by atoms with Gasteiger partial charge in [0.25, 0.3) is 10.0 Å². The molecule has 2 heterocycles. The van der Waals surface area contributed by atoms with E-state index < -0.39 is 21.7 Å². The van der Waals surface area contributed by atoms with Crippen molar-refractivity contribution in [1.29, 1.82) is 0 Å². The lowest BCUT2D eigenvalue weighted by atomic mass is 10.0. The van der Waals surface area contributed by atoms with E-state index in [9.17, 15) is 17.6 Å². The predicted octanol–water partition coefficient (Wildman–Crippen LogP) is 3.74. The summed E-state index contributed by atoms with van der Waals surface area (Å²) in [4.78, 5) is 16.2. The topological polar surface area (TPSA) is 120 Å². The first-order chi connectivity index (χ1) is 16.2. The number of rotatable bonds is 8. The minimum absolute atomic E-state index is 0.0941. The molecule has 1 unspecified atom stereocenters. The van der Waals surface area contributed by atoms with E-state index in [0.29, 0.717) is 17.6 Å². The Morgan fingerprint density at radius 3 is 2.68 bits per heavy atom. The first-order valence-electron chi connectivity index (χ1n) is 10.8.